The largest absolute Gasteiger partial charge is 0.386 e. The molecule has 0 aromatic heterocycles. The highest BCUT2D eigenvalue weighted by molar-refractivity contribution is 6.30. The molecule has 0 spiro atoms. The lowest BCUT2D eigenvalue weighted by Gasteiger charge is -2.20. The van der Waals surface area contributed by atoms with Gasteiger partial charge in [0, 0.05) is 5.02 Å². The topological polar surface area (TPSA) is 46.2 Å². The number of aliphatic hydroxyl groups excluding tert-OH is 1. The Morgan fingerprint density at radius 2 is 1.72 bits per heavy atom. The molecule has 2 unspecified atom stereocenters. The van der Waals surface area contributed by atoms with Gasteiger partial charge in [0.05, 0.1) is 12.1 Å². The molecule has 2 aromatic rings. The van der Waals surface area contributed by atoms with Crippen molar-refractivity contribution in [3.8, 4) is 0 Å². The van der Waals surface area contributed by atoms with Crippen molar-refractivity contribution in [2.75, 3.05) is 0 Å². The quantitative estimate of drug-likeness (QED) is 0.890. The van der Waals surface area contributed by atoms with Crippen molar-refractivity contribution in [3.63, 3.8) is 0 Å². The van der Waals surface area contributed by atoms with Crippen LogP contribution in [0.2, 0.25) is 5.02 Å². The van der Waals surface area contributed by atoms with Crippen LogP contribution in [0.4, 0.5) is 0 Å². The van der Waals surface area contributed by atoms with E-state index >= 15 is 0 Å². The van der Waals surface area contributed by atoms with Crippen molar-refractivity contribution >= 4 is 11.6 Å². The summed E-state index contributed by atoms with van der Waals surface area (Å²) in [4.78, 5) is 0. The monoisotopic (exact) mass is 261 g/mol. The summed E-state index contributed by atoms with van der Waals surface area (Å²) in [6, 6.07) is 14.5. The maximum absolute atomic E-state index is 10.3. The van der Waals surface area contributed by atoms with Gasteiger partial charge in [-0.25, -0.2) is 0 Å². The first-order valence-corrected chi connectivity index (χ1v) is 6.21. The van der Waals surface area contributed by atoms with Crippen LogP contribution in [0.1, 0.15) is 28.8 Å². The van der Waals surface area contributed by atoms with Gasteiger partial charge >= 0.3 is 0 Å². The van der Waals surface area contributed by atoms with E-state index in [1.165, 1.54) is 0 Å². The van der Waals surface area contributed by atoms with Gasteiger partial charge in [0.2, 0.25) is 0 Å². The summed E-state index contributed by atoms with van der Waals surface area (Å²) in [6.45, 7) is 1.99. The lowest BCUT2D eigenvalue weighted by atomic mass is 9.96. The predicted molar refractivity (Wildman–Crippen MR) is 74.5 cm³/mol. The zero-order chi connectivity index (χ0) is 13.1. The standard InChI is InChI=1S/C15H16ClNO/c1-10-3-2-4-12(9-10)15(18)14(17)11-5-7-13(16)8-6-11/h2-9,14-15,18H,17H2,1H3. The molecule has 3 heteroatoms. The second kappa shape index (κ2) is 5.53. The van der Waals surface area contributed by atoms with Crippen LogP contribution in [-0.4, -0.2) is 5.11 Å². The number of hydrogen-bond acceptors (Lipinski definition) is 2. The third-order valence-corrected chi connectivity index (χ3v) is 3.23. The predicted octanol–water partition coefficient (Wildman–Crippen LogP) is 3.38. The number of halogens is 1. The Morgan fingerprint density at radius 3 is 2.33 bits per heavy atom. The van der Waals surface area contributed by atoms with Crippen molar-refractivity contribution < 1.29 is 5.11 Å². The van der Waals surface area contributed by atoms with Crippen LogP contribution < -0.4 is 5.73 Å². The fourth-order valence-electron chi connectivity index (χ4n) is 1.93. The third kappa shape index (κ3) is 2.91. The Labute approximate surface area is 112 Å². The summed E-state index contributed by atoms with van der Waals surface area (Å²) >= 11 is 5.83. The number of hydrogen-bond donors (Lipinski definition) is 2. The molecule has 0 saturated carbocycles. The number of aryl methyl sites for hydroxylation is 1. The van der Waals surface area contributed by atoms with Gasteiger partial charge in [-0.1, -0.05) is 53.6 Å². The molecule has 0 bridgehead atoms. The number of aliphatic hydroxyl groups is 1. The number of nitrogens with two attached hydrogens (primary N) is 1. The molecular weight excluding hydrogens is 246 g/mol. The molecule has 0 aliphatic heterocycles. The summed E-state index contributed by atoms with van der Waals surface area (Å²) in [5, 5.41) is 10.9. The lowest BCUT2D eigenvalue weighted by molar-refractivity contribution is 0.147. The first kappa shape index (κ1) is 13.1. The molecule has 3 N–H and O–H groups in total. The highest BCUT2D eigenvalue weighted by atomic mass is 35.5. The van der Waals surface area contributed by atoms with Crippen molar-refractivity contribution in [3.05, 3.63) is 70.2 Å². The molecule has 2 nitrogen and oxygen atoms in total. The van der Waals surface area contributed by atoms with Gasteiger partial charge in [-0.15, -0.1) is 0 Å². The second-order valence-corrected chi connectivity index (χ2v) is 4.87. The summed E-state index contributed by atoms with van der Waals surface area (Å²) in [5.41, 5.74) is 8.88. The zero-order valence-electron chi connectivity index (χ0n) is 10.2. The van der Waals surface area contributed by atoms with Crippen molar-refractivity contribution in [1.29, 1.82) is 0 Å². The Balaban J connectivity index is 2.23. The molecule has 18 heavy (non-hydrogen) atoms. The van der Waals surface area contributed by atoms with Gasteiger partial charge in [0.25, 0.3) is 0 Å². The zero-order valence-corrected chi connectivity index (χ0v) is 10.9. The van der Waals surface area contributed by atoms with Gasteiger partial charge in [-0.3, -0.25) is 0 Å². The first-order valence-electron chi connectivity index (χ1n) is 5.83. The fraction of sp³-hybridized carbons (Fsp3) is 0.200. The molecule has 0 amide bonds. The summed E-state index contributed by atoms with van der Waals surface area (Å²) in [5.74, 6) is 0. The molecule has 0 aliphatic rings. The van der Waals surface area contributed by atoms with Crippen molar-refractivity contribution in [1.82, 2.24) is 0 Å². The van der Waals surface area contributed by atoms with Gasteiger partial charge in [0.15, 0.2) is 0 Å². The van der Waals surface area contributed by atoms with E-state index in [0.717, 1.165) is 16.7 Å². The molecule has 0 aliphatic carbocycles. The minimum absolute atomic E-state index is 0.455. The van der Waals surface area contributed by atoms with E-state index in [1.807, 2.05) is 43.3 Å². The molecule has 94 valence electrons. The van der Waals surface area contributed by atoms with Gasteiger partial charge in [0.1, 0.15) is 0 Å². The Hall–Kier alpha value is -1.35. The minimum Gasteiger partial charge on any atom is -0.386 e. The maximum atomic E-state index is 10.3. The van der Waals surface area contributed by atoms with Gasteiger partial charge in [-0.05, 0) is 30.2 Å². The van der Waals surface area contributed by atoms with Gasteiger partial charge < -0.3 is 10.8 Å². The highest BCUT2D eigenvalue weighted by Crippen LogP contribution is 2.27. The van der Waals surface area contributed by atoms with Gasteiger partial charge in [-0.2, -0.15) is 0 Å². The average Bonchev–Trinajstić information content (AvgIpc) is 2.38. The van der Waals surface area contributed by atoms with Crippen LogP contribution >= 0.6 is 11.6 Å². The SMILES string of the molecule is Cc1cccc(C(O)C(N)c2ccc(Cl)cc2)c1. The lowest BCUT2D eigenvalue weighted by Crippen LogP contribution is -2.19. The average molecular weight is 262 g/mol. The van der Waals surface area contributed by atoms with Crippen molar-refractivity contribution in [2.24, 2.45) is 5.73 Å². The normalized spacial score (nSPS) is 14.2. The molecule has 0 heterocycles. The number of benzene rings is 2. The number of rotatable bonds is 3. The van der Waals surface area contributed by atoms with E-state index in [-0.39, 0.29) is 0 Å². The molecule has 2 rings (SSSR count). The Kier molecular flexibility index (Phi) is 4.02. The van der Waals surface area contributed by atoms with Crippen molar-refractivity contribution in [2.45, 2.75) is 19.1 Å². The van der Waals surface area contributed by atoms with E-state index < -0.39 is 12.1 Å². The van der Waals surface area contributed by atoms with Crippen LogP contribution in [0.25, 0.3) is 0 Å². The van der Waals surface area contributed by atoms with E-state index in [2.05, 4.69) is 0 Å². The van der Waals surface area contributed by atoms with Crippen LogP contribution in [0.3, 0.4) is 0 Å². The summed E-state index contributed by atoms with van der Waals surface area (Å²) in [7, 11) is 0. The maximum Gasteiger partial charge on any atom is 0.0982 e. The Morgan fingerprint density at radius 1 is 1.06 bits per heavy atom. The van der Waals surface area contributed by atoms with E-state index in [1.54, 1.807) is 12.1 Å². The smallest absolute Gasteiger partial charge is 0.0982 e. The molecule has 0 saturated heterocycles. The van der Waals surface area contributed by atoms with Crippen LogP contribution in [0.5, 0.6) is 0 Å². The van der Waals surface area contributed by atoms with Crippen LogP contribution in [0, 0.1) is 6.92 Å². The molecule has 2 atom stereocenters. The van der Waals surface area contributed by atoms with Crippen LogP contribution in [-0.2, 0) is 0 Å². The second-order valence-electron chi connectivity index (χ2n) is 4.44. The molecule has 0 radical (unpaired) electrons. The minimum atomic E-state index is -0.717. The summed E-state index contributed by atoms with van der Waals surface area (Å²) in [6.07, 6.45) is -0.717. The van der Waals surface area contributed by atoms with E-state index in [4.69, 9.17) is 17.3 Å². The summed E-state index contributed by atoms with van der Waals surface area (Å²) < 4.78 is 0. The molecule has 2 aromatic carbocycles. The third-order valence-electron chi connectivity index (χ3n) is 2.98. The first-order chi connectivity index (χ1) is 8.58. The van der Waals surface area contributed by atoms with E-state index in [9.17, 15) is 5.11 Å². The fourth-order valence-corrected chi connectivity index (χ4v) is 2.05. The molecular formula is C15H16ClNO. The molecule has 0 fully saturated rings. The van der Waals surface area contributed by atoms with E-state index in [0.29, 0.717) is 5.02 Å². The highest BCUT2D eigenvalue weighted by Gasteiger charge is 2.18. The Bertz CT molecular complexity index is 524. The van der Waals surface area contributed by atoms with Crippen LogP contribution in [0.15, 0.2) is 48.5 Å².